The highest BCUT2D eigenvalue weighted by atomic mass is 16.7. The fourth-order valence-electron chi connectivity index (χ4n) is 1.48. The average molecular weight is 248 g/mol. The number of carbonyl (C=O) groups is 1. The molecule has 18 heavy (non-hydrogen) atoms. The van der Waals surface area contributed by atoms with Crippen LogP contribution in [0.25, 0.3) is 0 Å². The standard InChI is InChI=1S/C15H20O3/c1-6-9-17-14(16)18-13-8-7-12(10-11(13)2)15(3,4)5/h6-8,10H,1,9H2,2-5H3. The SMILES string of the molecule is C=CCOC(=O)Oc1ccc(C(C)(C)C)cc1C. The van der Waals surface area contributed by atoms with Crippen LogP contribution in [-0.4, -0.2) is 12.8 Å². The largest absolute Gasteiger partial charge is 0.514 e. The Balaban J connectivity index is 2.80. The molecule has 0 atom stereocenters. The lowest BCUT2D eigenvalue weighted by molar-refractivity contribution is 0.109. The molecule has 98 valence electrons. The number of aryl methyl sites for hydroxylation is 1. The van der Waals surface area contributed by atoms with E-state index in [2.05, 4.69) is 27.4 Å². The molecule has 0 N–H and O–H groups in total. The molecule has 0 spiro atoms. The van der Waals surface area contributed by atoms with Crippen LogP contribution in [-0.2, 0) is 10.2 Å². The van der Waals surface area contributed by atoms with E-state index in [4.69, 9.17) is 9.47 Å². The molecular weight excluding hydrogens is 228 g/mol. The molecule has 0 bridgehead atoms. The second-order valence-corrected chi connectivity index (χ2v) is 5.18. The van der Waals surface area contributed by atoms with Gasteiger partial charge in [0.15, 0.2) is 0 Å². The summed E-state index contributed by atoms with van der Waals surface area (Å²) in [6.45, 7) is 11.9. The van der Waals surface area contributed by atoms with Crippen LogP contribution >= 0.6 is 0 Å². The molecule has 0 aromatic heterocycles. The Hall–Kier alpha value is -1.77. The van der Waals surface area contributed by atoms with Gasteiger partial charge in [-0.3, -0.25) is 0 Å². The maximum absolute atomic E-state index is 11.3. The van der Waals surface area contributed by atoms with Crippen LogP contribution in [0.4, 0.5) is 4.79 Å². The van der Waals surface area contributed by atoms with Gasteiger partial charge in [-0.15, -0.1) is 0 Å². The molecule has 0 aliphatic heterocycles. The number of benzene rings is 1. The van der Waals surface area contributed by atoms with Gasteiger partial charge in [-0.1, -0.05) is 45.6 Å². The number of hydrogen-bond acceptors (Lipinski definition) is 3. The van der Waals surface area contributed by atoms with E-state index in [0.717, 1.165) is 5.56 Å². The van der Waals surface area contributed by atoms with E-state index in [9.17, 15) is 4.79 Å². The normalized spacial score (nSPS) is 10.9. The Bertz CT molecular complexity index is 442. The van der Waals surface area contributed by atoms with Crippen molar-refractivity contribution in [2.24, 2.45) is 0 Å². The third-order valence-electron chi connectivity index (χ3n) is 2.55. The number of rotatable bonds is 3. The third-order valence-corrected chi connectivity index (χ3v) is 2.55. The summed E-state index contributed by atoms with van der Waals surface area (Å²) in [7, 11) is 0. The zero-order chi connectivity index (χ0) is 13.8. The minimum absolute atomic E-state index is 0.0760. The third kappa shape index (κ3) is 3.91. The smallest absolute Gasteiger partial charge is 0.430 e. The molecule has 1 aromatic rings. The van der Waals surface area contributed by atoms with Crippen LogP contribution in [0.15, 0.2) is 30.9 Å². The van der Waals surface area contributed by atoms with Crippen LogP contribution < -0.4 is 4.74 Å². The van der Waals surface area contributed by atoms with Gasteiger partial charge >= 0.3 is 6.16 Å². The molecule has 0 amide bonds. The molecule has 0 aliphatic carbocycles. The van der Waals surface area contributed by atoms with E-state index in [-0.39, 0.29) is 12.0 Å². The van der Waals surface area contributed by atoms with Crippen LogP contribution in [0.2, 0.25) is 0 Å². The monoisotopic (exact) mass is 248 g/mol. The second kappa shape index (κ2) is 5.71. The van der Waals surface area contributed by atoms with Gasteiger partial charge in [-0.2, -0.15) is 0 Å². The lowest BCUT2D eigenvalue weighted by Crippen LogP contribution is -2.13. The molecule has 0 fully saturated rings. The molecule has 1 rings (SSSR count). The van der Waals surface area contributed by atoms with Crippen molar-refractivity contribution in [2.45, 2.75) is 33.1 Å². The molecule has 0 radical (unpaired) electrons. The van der Waals surface area contributed by atoms with E-state index in [0.29, 0.717) is 5.75 Å². The van der Waals surface area contributed by atoms with Crippen molar-refractivity contribution in [2.75, 3.05) is 6.61 Å². The zero-order valence-corrected chi connectivity index (χ0v) is 11.4. The predicted octanol–water partition coefficient (Wildman–Crippen LogP) is 3.99. The van der Waals surface area contributed by atoms with Gasteiger partial charge in [-0.05, 0) is 29.5 Å². The van der Waals surface area contributed by atoms with E-state index >= 15 is 0 Å². The van der Waals surface area contributed by atoms with Crippen LogP contribution in [0.3, 0.4) is 0 Å². The Morgan fingerprint density at radius 2 is 2.06 bits per heavy atom. The first-order valence-electron chi connectivity index (χ1n) is 5.91. The lowest BCUT2D eigenvalue weighted by Gasteiger charge is -2.20. The quantitative estimate of drug-likeness (QED) is 0.461. The molecule has 3 heteroatoms. The fourth-order valence-corrected chi connectivity index (χ4v) is 1.48. The van der Waals surface area contributed by atoms with Crippen LogP contribution in [0, 0.1) is 6.92 Å². The number of hydrogen-bond donors (Lipinski definition) is 0. The topological polar surface area (TPSA) is 35.5 Å². The van der Waals surface area contributed by atoms with E-state index in [1.54, 1.807) is 6.07 Å². The summed E-state index contributed by atoms with van der Waals surface area (Å²) < 4.78 is 9.87. The van der Waals surface area contributed by atoms with Gasteiger partial charge in [-0.25, -0.2) is 4.79 Å². The highest BCUT2D eigenvalue weighted by Gasteiger charge is 2.15. The molecule has 0 unspecified atom stereocenters. The summed E-state index contributed by atoms with van der Waals surface area (Å²) in [5.41, 5.74) is 2.19. The van der Waals surface area contributed by atoms with Crippen molar-refractivity contribution < 1.29 is 14.3 Å². The fraction of sp³-hybridized carbons (Fsp3) is 0.400. The first-order chi connectivity index (χ1) is 8.34. The molecule has 3 nitrogen and oxygen atoms in total. The Morgan fingerprint density at radius 3 is 2.56 bits per heavy atom. The van der Waals surface area contributed by atoms with Crippen molar-refractivity contribution in [3.63, 3.8) is 0 Å². The predicted molar refractivity (Wildman–Crippen MR) is 72.1 cm³/mol. The van der Waals surface area contributed by atoms with Gasteiger partial charge in [0.1, 0.15) is 12.4 Å². The van der Waals surface area contributed by atoms with E-state index in [1.807, 2.05) is 19.1 Å². The summed E-state index contributed by atoms with van der Waals surface area (Å²) in [6, 6.07) is 5.78. The zero-order valence-electron chi connectivity index (χ0n) is 11.4. The number of ether oxygens (including phenoxy) is 2. The van der Waals surface area contributed by atoms with E-state index < -0.39 is 6.16 Å². The Labute approximate surface area is 108 Å². The van der Waals surface area contributed by atoms with Gasteiger partial charge in [0, 0.05) is 0 Å². The summed E-state index contributed by atoms with van der Waals surface area (Å²) in [6.07, 6.45) is 0.790. The minimum atomic E-state index is -0.707. The van der Waals surface area contributed by atoms with Crippen LogP contribution in [0.1, 0.15) is 31.9 Å². The minimum Gasteiger partial charge on any atom is -0.430 e. The first-order valence-corrected chi connectivity index (χ1v) is 5.91. The second-order valence-electron chi connectivity index (χ2n) is 5.18. The molecule has 0 saturated heterocycles. The average Bonchev–Trinajstić information content (AvgIpc) is 2.27. The van der Waals surface area contributed by atoms with Gasteiger partial charge in [0.2, 0.25) is 0 Å². The molecule has 0 saturated carbocycles. The van der Waals surface area contributed by atoms with Crippen LogP contribution in [0.5, 0.6) is 5.75 Å². The van der Waals surface area contributed by atoms with Gasteiger partial charge < -0.3 is 9.47 Å². The summed E-state index contributed by atoms with van der Waals surface area (Å²) in [5, 5.41) is 0. The Kier molecular flexibility index (Phi) is 4.54. The maximum Gasteiger partial charge on any atom is 0.514 e. The van der Waals surface area contributed by atoms with Crippen molar-refractivity contribution in [1.29, 1.82) is 0 Å². The van der Waals surface area contributed by atoms with Crippen molar-refractivity contribution in [3.05, 3.63) is 42.0 Å². The Morgan fingerprint density at radius 1 is 1.39 bits per heavy atom. The summed E-state index contributed by atoms with van der Waals surface area (Å²) in [4.78, 5) is 11.3. The van der Waals surface area contributed by atoms with Crippen molar-refractivity contribution >= 4 is 6.16 Å². The highest BCUT2D eigenvalue weighted by Crippen LogP contribution is 2.27. The maximum atomic E-state index is 11.3. The van der Waals surface area contributed by atoms with Gasteiger partial charge in [0.25, 0.3) is 0 Å². The number of carbonyl (C=O) groups excluding carboxylic acids is 1. The molecule has 0 heterocycles. The lowest BCUT2D eigenvalue weighted by atomic mass is 9.86. The molecular formula is C15H20O3. The van der Waals surface area contributed by atoms with Crippen molar-refractivity contribution in [1.82, 2.24) is 0 Å². The van der Waals surface area contributed by atoms with Crippen molar-refractivity contribution in [3.8, 4) is 5.75 Å². The molecule has 0 aliphatic rings. The highest BCUT2D eigenvalue weighted by molar-refractivity contribution is 5.64. The first kappa shape index (κ1) is 14.3. The van der Waals surface area contributed by atoms with Gasteiger partial charge in [0.05, 0.1) is 0 Å². The summed E-state index contributed by atoms with van der Waals surface area (Å²) >= 11 is 0. The molecule has 1 aromatic carbocycles. The summed E-state index contributed by atoms with van der Waals surface area (Å²) in [5.74, 6) is 0.525. The van der Waals surface area contributed by atoms with E-state index in [1.165, 1.54) is 11.6 Å².